The summed E-state index contributed by atoms with van der Waals surface area (Å²) < 4.78 is 2.64. The predicted molar refractivity (Wildman–Crippen MR) is 373 cm³/mol. The third-order valence-corrected chi connectivity index (χ3v) is 22.3. The summed E-state index contributed by atoms with van der Waals surface area (Å²) in [5, 5.41) is 1.26. The molecule has 2 aliphatic carbocycles. The van der Waals surface area contributed by atoms with E-state index in [2.05, 4.69) is 286 Å². The van der Waals surface area contributed by atoms with E-state index in [1.807, 2.05) is 11.3 Å². The molecule has 0 amide bonds. The van der Waals surface area contributed by atoms with Gasteiger partial charge in [0.25, 0.3) is 13.4 Å². The second-order valence-electron chi connectivity index (χ2n) is 30.7. The van der Waals surface area contributed by atoms with Crippen molar-refractivity contribution >= 4 is 135 Å². The zero-order valence-corrected chi connectivity index (χ0v) is 54.1. The average Bonchev–Trinajstić information content (AvgIpc) is 1.58. The predicted octanol–water partition coefficient (Wildman–Crippen LogP) is 17.1. The molecule has 87 heavy (non-hydrogen) atoms. The summed E-state index contributed by atoms with van der Waals surface area (Å²) in [6.07, 6.45) is 4.62. The minimum absolute atomic E-state index is 0.0142. The van der Waals surface area contributed by atoms with Crippen LogP contribution in [-0.4, -0.2) is 23.4 Å². The molecule has 0 saturated carbocycles. The van der Waals surface area contributed by atoms with Gasteiger partial charge >= 0.3 is 0 Å². The van der Waals surface area contributed by atoms with Gasteiger partial charge in [-0.1, -0.05) is 188 Å². The molecule has 6 nitrogen and oxygen atoms in total. The zero-order chi connectivity index (χ0) is 60.2. The molecule has 0 atom stereocenters. The third-order valence-electron chi connectivity index (χ3n) is 21.1. The van der Waals surface area contributed by atoms with Crippen molar-refractivity contribution in [3.63, 3.8) is 0 Å². The van der Waals surface area contributed by atoms with E-state index in [-0.39, 0.29) is 45.9 Å². The monoisotopic (exact) mass is 1150 g/mol. The lowest BCUT2D eigenvalue weighted by Crippen LogP contribution is -2.65. The molecule has 9 heteroatoms. The van der Waals surface area contributed by atoms with E-state index in [4.69, 9.17) is 9.97 Å². The largest absolute Gasteiger partial charge is 0.311 e. The second-order valence-corrected chi connectivity index (χ2v) is 31.8. The van der Waals surface area contributed by atoms with E-state index in [9.17, 15) is 0 Å². The summed E-state index contributed by atoms with van der Waals surface area (Å²) in [5.74, 6) is 2.02. The van der Waals surface area contributed by atoms with Gasteiger partial charge in [0.05, 0.1) is 17.1 Å². The number of para-hydroxylation sites is 3. The molecule has 10 aromatic rings. The summed E-state index contributed by atoms with van der Waals surface area (Å²) in [6, 6.07) is 65.7. The van der Waals surface area contributed by atoms with Gasteiger partial charge in [-0.25, -0.2) is 9.97 Å². The van der Waals surface area contributed by atoms with E-state index in [1.165, 1.54) is 117 Å². The van der Waals surface area contributed by atoms with Crippen LogP contribution >= 0.6 is 11.3 Å². The highest BCUT2D eigenvalue weighted by molar-refractivity contribution is 7.33. The summed E-state index contributed by atoms with van der Waals surface area (Å²) in [6.45, 7) is 33.2. The van der Waals surface area contributed by atoms with Gasteiger partial charge in [-0.15, -0.1) is 11.3 Å². The van der Waals surface area contributed by atoms with Crippen molar-refractivity contribution in [1.82, 2.24) is 9.97 Å². The zero-order valence-electron chi connectivity index (χ0n) is 53.2. The Bertz CT molecular complexity index is 4540. The van der Waals surface area contributed by atoms with E-state index in [1.54, 1.807) is 0 Å². The fourth-order valence-electron chi connectivity index (χ4n) is 16.0. The van der Waals surface area contributed by atoms with E-state index >= 15 is 0 Å². The normalized spacial score (nSPS) is 17.8. The smallest absolute Gasteiger partial charge is 0.266 e. The van der Waals surface area contributed by atoms with Gasteiger partial charge in [0, 0.05) is 76.9 Å². The van der Waals surface area contributed by atoms with Crippen LogP contribution in [0.4, 0.5) is 68.5 Å². The van der Waals surface area contributed by atoms with Crippen LogP contribution in [0.2, 0.25) is 0 Å². The van der Waals surface area contributed by atoms with Crippen LogP contribution in [0.15, 0.2) is 170 Å². The molecule has 0 fully saturated rings. The van der Waals surface area contributed by atoms with Crippen molar-refractivity contribution in [3.05, 3.63) is 203 Å². The fourth-order valence-corrected chi connectivity index (χ4v) is 17.3. The average molecular weight is 1150 g/mol. The first-order valence-corrected chi connectivity index (χ1v) is 32.7. The first-order valence-electron chi connectivity index (χ1n) is 31.9. The van der Waals surface area contributed by atoms with Gasteiger partial charge in [-0.3, -0.25) is 9.80 Å². The number of aromatic nitrogens is 2. The maximum Gasteiger partial charge on any atom is 0.266 e. The lowest BCUT2D eigenvalue weighted by Gasteiger charge is -2.47. The number of fused-ring (bicyclic) bond motifs is 12. The van der Waals surface area contributed by atoms with Crippen LogP contribution in [0.3, 0.4) is 0 Å². The molecule has 0 radical (unpaired) electrons. The van der Waals surface area contributed by atoms with Gasteiger partial charge in [0.15, 0.2) is 0 Å². The summed E-state index contributed by atoms with van der Waals surface area (Å²) in [5.41, 5.74) is 25.6. The molecule has 6 aliphatic rings. The molecule has 0 bridgehead atoms. The van der Waals surface area contributed by atoms with E-state index in [0.717, 1.165) is 52.9 Å². The molecule has 4 aliphatic heterocycles. The Kier molecular flexibility index (Phi) is 11.5. The van der Waals surface area contributed by atoms with Crippen LogP contribution in [0, 0.1) is 0 Å². The maximum absolute atomic E-state index is 6.04. The number of nitrogens with zero attached hydrogens (tertiary/aromatic N) is 6. The lowest BCUT2D eigenvalue weighted by molar-refractivity contribution is 0.332. The third kappa shape index (κ3) is 7.99. The topological polar surface area (TPSA) is 38.7 Å². The highest BCUT2D eigenvalue weighted by Gasteiger charge is 2.52. The molecule has 16 rings (SSSR count). The second kappa shape index (κ2) is 18.4. The Hall–Kier alpha value is -7.87. The molecule has 432 valence electrons. The summed E-state index contributed by atoms with van der Waals surface area (Å²) in [7, 11) is 0. The van der Waals surface area contributed by atoms with Crippen LogP contribution in [0.1, 0.15) is 156 Å². The lowest BCUT2D eigenvalue weighted by atomic mass is 9.31. The first-order chi connectivity index (χ1) is 41.4. The SMILES string of the molecule is CC(C)(C)c1cc2c3c(n1)N(c1ccc4c(c1)C(C)(C)CCC4(C)C)c1ccccc1B3c1cc3c(cc1N2c1ccccc1)N(c1ccccc1)c1cc(C(C)(C)C)nc2c1B3c1sc3ccccc3c1N2c1ccc2c(c1)C(C)(C)CCC2(C)C. The molecule has 7 aromatic carbocycles. The number of thiophene rings is 1. The van der Waals surface area contributed by atoms with E-state index < -0.39 is 0 Å². The van der Waals surface area contributed by atoms with E-state index in [0.29, 0.717) is 0 Å². The molecule has 7 heterocycles. The number of hydrogen-bond donors (Lipinski definition) is 0. The Labute approximate surface area is 520 Å². The van der Waals surface area contributed by atoms with Crippen LogP contribution in [-0.2, 0) is 32.5 Å². The van der Waals surface area contributed by atoms with Gasteiger partial charge in [-0.05, 0) is 176 Å². The molecular formula is C78H78B2N6S. The number of anilines is 12. The minimum atomic E-state index is -0.275. The number of rotatable bonds is 4. The maximum atomic E-state index is 6.04. The first kappa shape index (κ1) is 54.5. The van der Waals surface area contributed by atoms with Gasteiger partial charge in [0.2, 0.25) is 0 Å². The summed E-state index contributed by atoms with van der Waals surface area (Å²) in [4.78, 5) is 22.3. The minimum Gasteiger partial charge on any atom is -0.311 e. The van der Waals surface area contributed by atoms with Gasteiger partial charge in [-0.2, -0.15) is 0 Å². The molecule has 0 N–H and O–H groups in total. The molecule has 0 spiro atoms. The Balaban J connectivity index is 1.01. The van der Waals surface area contributed by atoms with Crippen LogP contribution in [0.25, 0.3) is 10.1 Å². The highest BCUT2D eigenvalue weighted by Crippen LogP contribution is 2.54. The van der Waals surface area contributed by atoms with Gasteiger partial charge < -0.3 is 9.80 Å². The van der Waals surface area contributed by atoms with Crippen molar-refractivity contribution in [2.24, 2.45) is 0 Å². The van der Waals surface area contributed by atoms with Crippen molar-refractivity contribution in [2.45, 2.75) is 155 Å². The Morgan fingerprint density at radius 1 is 0.379 bits per heavy atom. The fraction of sp³-hybridized carbons (Fsp3) is 0.308. The Morgan fingerprint density at radius 2 is 0.828 bits per heavy atom. The molecule has 0 unspecified atom stereocenters. The van der Waals surface area contributed by atoms with Crippen molar-refractivity contribution < 1.29 is 0 Å². The Morgan fingerprint density at radius 3 is 1.37 bits per heavy atom. The number of pyridine rings is 2. The molecular weight excluding hydrogens is 1070 g/mol. The van der Waals surface area contributed by atoms with Crippen molar-refractivity contribution in [1.29, 1.82) is 0 Å². The number of benzene rings is 7. The standard InChI is InChI=1S/C78H78B2N6S/c1-73(2,3)65-45-62-67-71(81-65)85(49-33-35-52-54(41-49)77(11,12)39-37-75(52,7)8)59-31-23-22-30-56(59)79(67)57-43-58-61(44-60(57)83(62)47-25-17-15-18-26-47)84(48-27-19-16-20-28-48)63-46-66(74(4,5)6)82-72-68(63)80(58)70-69(51-29-21-24-32-64(51)87-70)86(72)50-34-36-53-55(42-50)78(13,14)40-38-76(53,9)10/h15-36,41-46H,37-40H2,1-14H3. The van der Waals surface area contributed by atoms with Crippen molar-refractivity contribution in [3.8, 4) is 0 Å². The molecule has 0 saturated heterocycles. The van der Waals surface area contributed by atoms with Gasteiger partial charge in [0.1, 0.15) is 11.6 Å². The number of hydrogen-bond acceptors (Lipinski definition) is 7. The quantitative estimate of drug-likeness (QED) is 0.164. The van der Waals surface area contributed by atoms with Crippen molar-refractivity contribution in [2.75, 3.05) is 19.6 Å². The summed E-state index contributed by atoms with van der Waals surface area (Å²) >= 11 is 1.96. The highest BCUT2D eigenvalue weighted by atomic mass is 32.1. The van der Waals surface area contributed by atoms with Crippen LogP contribution < -0.4 is 51.7 Å². The molecule has 3 aromatic heterocycles. The van der Waals surface area contributed by atoms with Crippen LogP contribution in [0.5, 0.6) is 0 Å².